The second-order valence-corrected chi connectivity index (χ2v) is 4.45. The lowest BCUT2D eigenvalue weighted by Gasteiger charge is -2.03. The van der Waals surface area contributed by atoms with E-state index in [-0.39, 0.29) is 0 Å². The van der Waals surface area contributed by atoms with Gasteiger partial charge in [-0.15, -0.1) is 0 Å². The van der Waals surface area contributed by atoms with Gasteiger partial charge in [-0.05, 0) is 35.4 Å². The van der Waals surface area contributed by atoms with Crippen molar-refractivity contribution in [3.05, 3.63) is 48.2 Å². The fourth-order valence-corrected chi connectivity index (χ4v) is 2.17. The number of benzene rings is 2. The van der Waals surface area contributed by atoms with E-state index in [1.807, 2.05) is 42.5 Å². The Kier molecular flexibility index (Phi) is 2.87. The normalized spacial score (nSPS) is 10.7. The summed E-state index contributed by atoms with van der Waals surface area (Å²) in [6, 6.07) is 13.3. The highest BCUT2D eigenvalue weighted by atomic mass is 16.5. The van der Waals surface area contributed by atoms with Gasteiger partial charge in [0.1, 0.15) is 0 Å². The molecule has 20 heavy (non-hydrogen) atoms. The zero-order valence-corrected chi connectivity index (χ0v) is 10.9. The van der Waals surface area contributed by atoms with Crippen molar-refractivity contribution in [3.63, 3.8) is 0 Å². The molecule has 0 aliphatic carbocycles. The summed E-state index contributed by atoms with van der Waals surface area (Å²) in [6.07, 6.45) is 0. The van der Waals surface area contributed by atoms with Crippen LogP contribution in [0, 0.1) is 0 Å². The number of nitrogens with two attached hydrogens (primary N) is 1. The lowest BCUT2D eigenvalue weighted by molar-refractivity contribution is 0.0596. The Hall–Kier alpha value is -2.82. The second kappa shape index (κ2) is 4.70. The number of esters is 1. The number of carbonyl (C=O) groups is 1. The standard InChI is InChI=1S/C15H13N3O2/c1-20-15(19)14-12-6-5-10(8-13(12)17-18-14)9-3-2-4-11(16)7-9/h2-8H,16H2,1H3,(H,17,18). The number of nitrogens with one attached hydrogen (secondary N) is 1. The molecule has 0 amide bonds. The average Bonchev–Trinajstić information content (AvgIpc) is 2.89. The van der Waals surface area contributed by atoms with Crippen LogP contribution in [0.15, 0.2) is 42.5 Å². The Morgan fingerprint density at radius 2 is 2.00 bits per heavy atom. The smallest absolute Gasteiger partial charge is 0.359 e. The highest BCUT2D eigenvalue weighted by Gasteiger charge is 2.14. The van der Waals surface area contributed by atoms with Crippen molar-refractivity contribution in [1.82, 2.24) is 10.2 Å². The van der Waals surface area contributed by atoms with Gasteiger partial charge < -0.3 is 10.5 Å². The minimum absolute atomic E-state index is 0.293. The fourth-order valence-electron chi connectivity index (χ4n) is 2.17. The molecule has 0 radical (unpaired) electrons. The van der Waals surface area contributed by atoms with E-state index in [1.165, 1.54) is 7.11 Å². The van der Waals surface area contributed by atoms with E-state index >= 15 is 0 Å². The maximum Gasteiger partial charge on any atom is 0.359 e. The molecule has 5 nitrogen and oxygen atoms in total. The van der Waals surface area contributed by atoms with Crippen molar-refractivity contribution < 1.29 is 9.53 Å². The summed E-state index contributed by atoms with van der Waals surface area (Å²) in [4.78, 5) is 11.6. The van der Waals surface area contributed by atoms with E-state index in [0.717, 1.165) is 22.0 Å². The predicted octanol–water partition coefficient (Wildman–Crippen LogP) is 2.60. The van der Waals surface area contributed by atoms with E-state index < -0.39 is 5.97 Å². The van der Waals surface area contributed by atoms with Crippen molar-refractivity contribution >= 4 is 22.6 Å². The Balaban J connectivity index is 2.10. The van der Waals surface area contributed by atoms with Crippen LogP contribution in [-0.4, -0.2) is 23.3 Å². The number of hydrogen-bond donors (Lipinski definition) is 2. The van der Waals surface area contributed by atoms with Crippen LogP contribution in [-0.2, 0) is 4.74 Å². The van der Waals surface area contributed by atoms with Gasteiger partial charge in [-0.1, -0.05) is 18.2 Å². The zero-order valence-electron chi connectivity index (χ0n) is 10.9. The molecule has 3 aromatic rings. The number of anilines is 1. The summed E-state index contributed by atoms with van der Waals surface area (Å²) >= 11 is 0. The SMILES string of the molecule is COC(=O)c1n[nH]c2cc(-c3cccc(N)c3)ccc12. The molecular formula is C15H13N3O2. The van der Waals surface area contributed by atoms with Gasteiger partial charge in [0.05, 0.1) is 12.6 Å². The molecule has 3 N–H and O–H groups in total. The number of ether oxygens (including phenoxy) is 1. The fraction of sp³-hybridized carbons (Fsp3) is 0.0667. The molecule has 0 fully saturated rings. The van der Waals surface area contributed by atoms with Crippen LogP contribution in [0.4, 0.5) is 5.69 Å². The Bertz CT molecular complexity index is 793. The number of methoxy groups -OCH3 is 1. The van der Waals surface area contributed by atoms with Crippen LogP contribution < -0.4 is 5.73 Å². The molecule has 0 aliphatic rings. The van der Waals surface area contributed by atoms with Crippen molar-refractivity contribution in [2.24, 2.45) is 0 Å². The Morgan fingerprint density at radius 3 is 2.75 bits per heavy atom. The van der Waals surface area contributed by atoms with Gasteiger partial charge in [0.2, 0.25) is 0 Å². The maximum atomic E-state index is 11.6. The average molecular weight is 267 g/mol. The summed E-state index contributed by atoms with van der Waals surface area (Å²) in [5.74, 6) is -0.451. The molecule has 0 unspecified atom stereocenters. The molecule has 0 bridgehead atoms. The number of carbonyl (C=O) groups excluding carboxylic acids is 1. The number of rotatable bonds is 2. The first-order valence-corrected chi connectivity index (χ1v) is 6.11. The molecule has 3 rings (SSSR count). The summed E-state index contributed by atoms with van der Waals surface area (Å²) in [6.45, 7) is 0. The van der Waals surface area contributed by atoms with E-state index in [4.69, 9.17) is 10.5 Å². The summed E-state index contributed by atoms with van der Waals surface area (Å²) in [5.41, 5.74) is 9.60. The lowest BCUT2D eigenvalue weighted by Crippen LogP contribution is -2.01. The number of H-pyrrole nitrogens is 1. The molecular weight excluding hydrogens is 254 g/mol. The number of nitrogen functional groups attached to an aromatic ring is 1. The van der Waals surface area contributed by atoms with Gasteiger partial charge in [0.25, 0.3) is 0 Å². The van der Waals surface area contributed by atoms with E-state index in [1.54, 1.807) is 0 Å². The van der Waals surface area contributed by atoms with E-state index in [9.17, 15) is 4.79 Å². The van der Waals surface area contributed by atoms with Crippen LogP contribution in [0.1, 0.15) is 10.5 Å². The van der Waals surface area contributed by atoms with Crippen LogP contribution in [0.2, 0.25) is 0 Å². The molecule has 1 heterocycles. The molecule has 0 spiro atoms. The highest BCUT2D eigenvalue weighted by Crippen LogP contribution is 2.26. The molecule has 0 saturated heterocycles. The van der Waals surface area contributed by atoms with Gasteiger partial charge in [-0.2, -0.15) is 5.10 Å². The van der Waals surface area contributed by atoms with Gasteiger partial charge >= 0.3 is 5.97 Å². The van der Waals surface area contributed by atoms with Gasteiger partial charge in [0, 0.05) is 11.1 Å². The number of aromatic amines is 1. The number of nitrogens with zero attached hydrogens (tertiary/aromatic N) is 1. The minimum Gasteiger partial charge on any atom is -0.464 e. The van der Waals surface area contributed by atoms with Crippen LogP contribution >= 0.6 is 0 Å². The molecule has 0 atom stereocenters. The Labute approximate surface area is 115 Å². The first kappa shape index (κ1) is 12.2. The topological polar surface area (TPSA) is 81.0 Å². The molecule has 1 aromatic heterocycles. The molecule has 2 aromatic carbocycles. The lowest BCUT2D eigenvalue weighted by atomic mass is 10.0. The van der Waals surface area contributed by atoms with Gasteiger partial charge in [0.15, 0.2) is 5.69 Å². The molecule has 5 heteroatoms. The van der Waals surface area contributed by atoms with Gasteiger partial charge in [-0.25, -0.2) is 4.79 Å². The van der Waals surface area contributed by atoms with Crippen LogP contribution in [0.3, 0.4) is 0 Å². The third-order valence-corrected chi connectivity index (χ3v) is 3.16. The van der Waals surface area contributed by atoms with Crippen LogP contribution in [0.5, 0.6) is 0 Å². The number of fused-ring (bicyclic) bond motifs is 1. The number of hydrogen-bond acceptors (Lipinski definition) is 4. The minimum atomic E-state index is -0.451. The number of aromatic nitrogens is 2. The van der Waals surface area contributed by atoms with Crippen LogP contribution in [0.25, 0.3) is 22.0 Å². The molecule has 0 saturated carbocycles. The first-order chi connectivity index (χ1) is 9.69. The summed E-state index contributed by atoms with van der Waals surface area (Å²) < 4.78 is 4.70. The predicted molar refractivity (Wildman–Crippen MR) is 77.3 cm³/mol. The summed E-state index contributed by atoms with van der Waals surface area (Å²) in [5, 5.41) is 7.58. The van der Waals surface area contributed by atoms with Crippen molar-refractivity contribution in [2.45, 2.75) is 0 Å². The highest BCUT2D eigenvalue weighted by molar-refractivity contribution is 6.02. The molecule has 0 aliphatic heterocycles. The Morgan fingerprint density at radius 1 is 1.20 bits per heavy atom. The van der Waals surface area contributed by atoms with Gasteiger partial charge in [-0.3, -0.25) is 5.10 Å². The van der Waals surface area contributed by atoms with E-state index in [2.05, 4.69) is 10.2 Å². The van der Waals surface area contributed by atoms with Crippen molar-refractivity contribution in [2.75, 3.05) is 12.8 Å². The second-order valence-electron chi connectivity index (χ2n) is 4.45. The summed E-state index contributed by atoms with van der Waals surface area (Å²) in [7, 11) is 1.34. The largest absolute Gasteiger partial charge is 0.464 e. The maximum absolute atomic E-state index is 11.6. The molecule has 100 valence electrons. The third kappa shape index (κ3) is 1.99. The van der Waals surface area contributed by atoms with Crippen molar-refractivity contribution in [1.29, 1.82) is 0 Å². The van der Waals surface area contributed by atoms with Crippen molar-refractivity contribution in [3.8, 4) is 11.1 Å². The van der Waals surface area contributed by atoms with E-state index in [0.29, 0.717) is 11.4 Å². The zero-order chi connectivity index (χ0) is 14.1. The third-order valence-electron chi connectivity index (χ3n) is 3.16. The first-order valence-electron chi connectivity index (χ1n) is 6.11. The monoisotopic (exact) mass is 267 g/mol. The quantitative estimate of drug-likeness (QED) is 0.552.